The van der Waals surface area contributed by atoms with Gasteiger partial charge >= 0.3 is 0 Å². The van der Waals surface area contributed by atoms with Crippen LogP contribution in [0.1, 0.15) is 0 Å². The van der Waals surface area contributed by atoms with E-state index < -0.39 is 0 Å². The highest BCUT2D eigenvalue weighted by molar-refractivity contribution is 9.10. The minimum atomic E-state index is 0.886. The normalized spacial score (nSPS) is 10.6. The summed E-state index contributed by atoms with van der Waals surface area (Å²) in [4.78, 5) is 0. The molecule has 0 radical (unpaired) electrons. The molecule has 0 N–H and O–H groups in total. The van der Waals surface area contributed by atoms with Gasteiger partial charge in [-0.25, -0.2) is 0 Å². The van der Waals surface area contributed by atoms with Gasteiger partial charge in [0.2, 0.25) is 0 Å². The molecular weight excluding hydrogens is 342 g/mol. The van der Waals surface area contributed by atoms with E-state index in [0.717, 1.165) is 31.2 Å². The molecular formula is C18H14BrNS. The second-order valence-electron chi connectivity index (χ2n) is 4.96. The third kappa shape index (κ3) is 2.99. The Morgan fingerprint density at radius 3 is 2.14 bits per heavy atom. The number of nitrogens with zero attached hydrogens (tertiary/aromatic N) is 1. The molecule has 3 heteroatoms. The van der Waals surface area contributed by atoms with Crippen molar-refractivity contribution in [3.05, 3.63) is 76.0 Å². The fourth-order valence-electron chi connectivity index (χ4n) is 2.39. The van der Waals surface area contributed by atoms with Crippen LogP contribution < -0.4 is 0 Å². The fourth-order valence-corrected chi connectivity index (χ4v) is 3.13. The van der Waals surface area contributed by atoms with E-state index in [1.165, 1.54) is 0 Å². The van der Waals surface area contributed by atoms with Gasteiger partial charge in [0, 0.05) is 35.0 Å². The van der Waals surface area contributed by atoms with E-state index in [1.54, 1.807) is 0 Å². The van der Waals surface area contributed by atoms with Gasteiger partial charge in [0.1, 0.15) is 0 Å². The smallest absolute Gasteiger partial charge is 0.0563 e. The molecule has 0 fully saturated rings. The molecule has 0 aliphatic heterocycles. The van der Waals surface area contributed by atoms with Gasteiger partial charge in [0.05, 0.1) is 4.51 Å². The zero-order chi connectivity index (χ0) is 14.8. The molecule has 1 aromatic heterocycles. The van der Waals surface area contributed by atoms with Crippen molar-refractivity contribution in [2.45, 2.75) is 0 Å². The highest BCUT2D eigenvalue weighted by Crippen LogP contribution is 2.29. The first-order chi connectivity index (χ1) is 10.1. The van der Waals surface area contributed by atoms with Crippen LogP contribution in [0.25, 0.3) is 22.3 Å². The monoisotopic (exact) mass is 355 g/mol. The molecule has 3 rings (SSSR count). The number of benzene rings is 2. The molecule has 2 aromatic carbocycles. The molecule has 104 valence electrons. The summed E-state index contributed by atoms with van der Waals surface area (Å²) in [6.45, 7) is 0. The maximum Gasteiger partial charge on any atom is 0.0563 e. The molecule has 21 heavy (non-hydrogen) atoms. The molecule has 0 unspecified atom stereocenters. The van der Waals surface area contributed by atoms with Crippen molar-refractivity contribution < 1.29 is 0 Å². The summed E-state index contributed by atoms with van der Waals surface area (Å²) in [6, 6.07) is 18.5. The van der Waals surface area contributed by atoms with E-state index in [1.807, 2.05) is 37.4 Å². The average molecular weight is 356 g/mol. The van der Waals surface area contributed by atoms with Crippen LogP contribution in [0.5, 0.6) is 0 Å². The fraction of sp³-hybridized carbons (Fsp3) is 0.0556. The van der Waals surface area contributed by atoms with Crippen molar-refractivity contribution >= 4 is 28.1 Å². The summed E-state index contributed by atoms with van der Waals surface area (Å²) in [6.07, 6.45) is 4.16. The Balaban J connectivity index is 2.24. The summed E-state index contributed by atoms with van der Waals surface area (Å²) < 4.78 is 4.01. The predicted octanol–water partition coefficient (Wildman–Crippen LogP) is 5.85. The Hall–Kier alpha value is -1.71. The van der Waals surface area contributed by atoms with Crippen molar-refractivity contribution in [1.82, 2.24) is 4.57 Å². The topological polar surface area (TPSA) is 4.93 Å². The lowest BCUT2D eigenvalue weighted by Gasteiger charge is -2.11. The molecule has 0 aliphatic rings. The van der Waals surface area contributed by atoms with E-state index in [0.29, 0.717) is 0 Å². The molecule has 0 amide bonds. The molecule has 1 heterocycles. The number of pyridine rings is 1. The number of rotatable bonds is 2. The highest BCUT2D eigenvalue weighted by Gasteiger charge is 2.08. The van der Waals surface area contributed by atoms with Crippen LogP contribution in [-0.2, 0) is 7.05 Å². The van der Waals surface area contributed by atoms with Crippen LogP contribution in [0.2, 0.25) is 0 Å². The summed E-state index contributed by atoms with van der Waals surface area (Å²) in [5.74, 6) is 0. The Bertz CT molecular complexity index is 837. The van der Waals surface area contributed by atoms with E-state index in [-0.39, 0.29) is 0 Å². The average Bonchev–Trinajstić information content (AvgIpc) is 2.50. The molecule has 0 aliphatic carbocycles. The van der Waals surface area contributed by atoms with E-state index in [4.69, 9.17) is 12.2 Å². The van der Waals surface area contributed by atoms with Gasteiger partial charge in [0.15, 0.2) is 0 Å². The first-order valence-electron chi connectivity index (χ1n) is 6.67. The largest absolute Gasteiger partial charge is 0.356 e. The quantitative estimate of drug-likeness (QED) is 0.521. The summed E-state index contributed by atoms with van der Waals surface area (Å²) >= 11 is 9.26. The molecule has 0 saturated carbocycles. The molecule has 3 aromatic rings. The van der Waals surface area contributed by atoms with Crippen LogP contribution in [0, 0.1) is 4.51 Å². The maximum atomic E-state index is 5.73. The lowest BCUT2D eigenvalue weighted by molar-refractivity contribution is 0.907. The van der Waals surface area contributed by atoms with E-state index in [9.17, 15) is 0 Å². The van der Waals surface area contributed by atoms with Gasteiger partial charge in [-0.2, -0.15) is 0 Å². The van der Waals surface area contributed by atoms with Crippen molar-refractivity contribution in [1.29, 1.82) is 0 Å². The van der Waals surface area contributed by atoms with Crippen LogP contribution in [-0.4, -0.2) is 4.57 Å². The van der Waals surface area contributed by atoms with Crippen LogP contribution >= 0.6 is 28.1 Å². The minimum absolute atomic E-state index is 0.886. The van der Waals surface area contributed by atoms with Crippen molar-refractivity contribution in [2.24, 2.45) is 7.05 Å². The Morgan fingerprint density at radius 2 is 1.48 bits per heavy atom. The lowest BCUT2D eigenvalue weighted by Crippen LogP contribution is -1.95. The predicted molar refractivity (Wildman–Crippen MR) is 94.8 cm³/mol. The first kappa shape index (κ1) is 14.2. The Labute approximate surface area is 138 Å². The summed E-state index contributed by atoms with van der Waals surface area (Å²) in [7, 11) is 2.03. The van der Waals surface area contributed by atoms with Gasteiger partial charge in [0.25, 0.3) is 0 Å². The van der Waals surface area contributed by atoms with Gasteiger partial charge in [-0.05, 0) is 23.3 Å². The molecule has 0 spiro atoms. The van der Waals surface area contributed by atoms with Crippen molar-refractivity contribution in [2.75, 3.05) is 0 Å². The van der Waals surface area contributed by atoms with Crippen molar-refractivity contribution in [3.63, 3.8) is 0 Å². The zero-order valence-electron chi connectivity index (χ0n) is 11.6. The minimum Gasteiger partial charge on any atom is -0.356 e. The van der Waals surface area contributed by atoms with Gasteiger partial charge in [-0.3, -0.25) is 0 Å². The van der Waals surface area contributed by atoms with Crippen LogP contribution in [0.3, 0.4) is 0 Å². The standard InChI is InChI=1S/C18H14BrNS/c1-20-11-16(13-6-3-2-4-7-13)18(21)17(12-20)14-8-5-9-15(19)10-14/h2-12H,1H3. The van der Waals surface area contributed by atoms with Gasteiger partial charge in [-0.1, -0.05) is 70.6 Å². The molecule has 0 bridgehead atoms. The maximum absolute atomic E-state index is 5.73. The number of hydrogen-bond acceptors (Lipinski definition) is 1. The number of aromatic nitrogens is 1. The van der Waals surface area contributed by atoms with Crippen LogP contribution in [0.4, 0.5) is 0 Å². The van der Waals surface area contributed by atoms with E-state index in [2.05, 4.69) is 57.2 Å². The van der Waals surface area contributed by atoms with Gasteiger partial charge in [-0.15, -0.1) is 0 Å². The van der Waals surface area contributed by atoms with Crippen molar-refractivity contribution in [3.8, 4) is 22.3 Å². The first-order valence-corrected chi connectivity index (χ1v) is 7.87. The Kier molecular flexibility index (Phi) is 4.04. The second kappa shape index (κ2) is 5.96. The molecule has 1 nitrogen and oxygen atoms in total. The highest BCUT2D eigenvalue weighted by atomic mass is 79.9. The number of halogens is 1. The lowest BCUT2D eigenvalue weighted by atomic mass is 10.0. The Morgan fingerprint density at radius 1 is 0.857 bits per heavy atom. The summed E-state index contributed by atoms with van der Waals surface area (Å²) in [5, 5.41) is 0. The number of hydrogen-bond donors (Lipinski definition) is 0. The van der Waals surface area contributed by atoms with Gasteiger partial charge < -0.3 is 4.57 Å². The molecule has 0 saturated heterocycles. The SMILES string of the molecule is Cn1cc(-c2ccccc2)c(=S)c(-c2cccc(Br)c2)c1. The van der Waals surface area contributed by atoms with Crippen LogP contribution in [0.15, 0.2) is 71.5 Å². The third-order valence-corrected chi connectivity index (χ3v) is 4.31. The molecule has 0 atom stereocenters. The third-order valence-electron chi connectivity index (χ3n) is 3.38. The second-order valence-corrected chi connectivity index (χ2v) is 6.28. The van der Waals surface area contributed by atoms with E-state index >= 15 is 0 Å². The number of aryl methyl sites for hydroxylation is 1. The summed E-state index contributed by atoms with van der Waals surface area (Å²) in [5.41, 5.74) is 4.44. The zero-order valence-corrected chi connectivity index (χ0v) is 14.0.